The standard InChI is InChI=1S/C17H21N5OS2/c18-17(24)20-19-15-13-8-11-2-1-3-12(11)9-14(13)22(16(15)23)10-21-4-6-25-7-5-21/h8-9,23H,1-7,10H2,(H2,18,24). The van der Waals surface area contributed by atoms with Gasteiger partial charge in [-0.1, -0.05) is 0 Å². The summed E-state index contributed by atoms with van der Waals surface area (Å²) in [5.74, 6) is 2.39. The Morgan fingerprint density at radius 1 is 1.24 bits per heavy atom. The quantitative estimate of drug-likeness (QED) is 0.636. The average Bonchev–Trinajstić information content (AvgIpc) is 3.15. The Morgan fingerprint density at radius 3 is 2.68 bits per heavy atom. The first-order valence-electron chi connectivity index (χ1n) is 8.51. The number of thiocarbonyl (C=S) groups is 1. The van der Waals surface area contributed by atoms with E-state index in [1.54, 1.807) is 0 Å². The Balaban J connectivity index is 1.82. The lowest BCUT2D eigenvalue weighted by atomic mass is 10.1. The number of nitrogens with two attached hydrogens (primary N) is 1. The molecule has 0 spiro atoms. The molecule has 25 heavy (non-hydrogen) atoms. The Morgan fingerprint density at radius 2 is 1.96 bits per heavy atom. The third-order valence-corrected chi connectivity index (χ3v) is 5.94. The maximum atomic E-state index is 10.8. The van der Waals surface area contributed by atoms with Gasteiger partial charge in [-0.25, -0.2) is 0 Å². The largest absolute Gasteiger partial charge is 0.493 e. The molecule has 1 saturated heterocycles. The number of rotatable bonds is 3. The van der Waals surface area contributed by atoms with Crippen molar-refractivity contribution in [2.45, 2.75) is 25.9 Å². The van der Waals surface area contributed by atoms with Gasteiger partial charge >= 0.3 is 0 Å². The first-order chi connectivity index (χ1) is 12.1. The van der Waals surface area contributed by atoms with Crippen LogP contribution >= 0.6 is 24.0 Å². The second-order valence-corrected chi connectivity index (χ2v) is 8.14. The van der Waals surface area contributed by atoms with Gasteiger partial charge < -0.3 is 10.8 Å². The van der Waals surface area contributed by atoms with Gasteiger partial charge in [0.25, 0.3) is 0 Å². The normalized spacial score (nSPS) is 18.2. The Kier molecular flexibility index (Phi) is 4.66. The first kappa shape index (κ1) is 16.8. The van der Waals surface area contributed by atoms with E-state index in [2.05, 4.69) is 27.3 Å². The molecule has 8 heteroatoms. The molecule has 3 N–H and O–H groups in total. The van der Waals surface area contributed by atoms with E-state index in [-0.39, 0.29) is 11.0 Å². The highest BCUT2D eigenvalue weighted by molar-refractivity contribution is 7.99. The van der Waals surface area contributed by atoms with Gasteiger partial charge in [-0.2, -0.15) is 11.8 Å². The van der Waals surface area contributed by atoms with E-state index in [9.17, 15) is 5.11 Å². The van der Waals surface area contributed by atoms with Gasteiger partial charge in [0.1, 0.15) is 0 Å². The second kappa shape index (κ2) is 6.93. The van der Waals surface area contributed by atoms with Crippen LogP contribution in [0.4, 0.5) is 5.69 Å². The van der Waals surface area contributed by atoms with E-state index in [0.29, 0.717) is 12.4 Å². The fourth-order valence-corrected chi connectivity index (χ4v) is 4.69. The summed E-state index contributed by atoms with van der Waals surface area (Å²) >= 11 is 6.77. The van der Waals surface area contributed by atoms with Crippen molar-refractivity contribution in [2.75, 3.05) is 24.6 Å². The highest BCUT2D eigenvalue weighted by Gasteiger charge is 2.22. The third-order valence-electron chi connectivity index (χ3n) is 4.92. The molecular weight excluding hydrogens is 354 g/mol. The minimum absolute atomic E-state index is 0.0329. The van der Waals surface area contributed by atoms with Gasteiger partial charge in [0.15, 0.2) is 5.69 Å². The third kappa shape index (κ3) is 3.26. The summed E-state index contributed by atoms with van der Waals surface area (Å²) in [4.78, 5) is 2.36. The van der Waals surface area contributed by atoms with Gasteiger partial charge in [-0.15, -0.1) is 10.2 Å². The lowest BCUT2D eigenvalue weighted by Crippen LogP contribution is -2.34. The monoisotopic (exact) mass is 375 g/mol. The fraction of sp³-hybridized carbons (Fsp3) is 0.471. The molecule has 0 radical (unpaired) electrons. The topological polar surface area (TPSA) is 79.1 Å². The van der Waals surface area contributed by atoms with Crippen LogP contribution in [0.25, 0.3) is 10.9 Å². The van der Waals surface area contributed by atoms with E-state index >= 15 is 0 Å². The first-order valence-corrected chi connectivity index (χ1v) is 10.1. The SMILES string of the molecule is NC(=S)N=Nc1c(O)n(CN2CCSCC2)c2cc3c(cc12)CCC3. The summed E-state index contributed by atoms with van der Waals surface area (Å²) in [5.41, 5.74) is 9.63. The molecule has 2 aromatic rings. The maximum Gasteiger partial charge on any atom is 0.221 e. The van der Waals surface area contributed by atoms with Crippen molar-refractivity contribution in [3.05, 3.63) is 23.3 Å². The van der Waals surface area contributed by atoms with Gasteiger partial charge in [0.05, 0.1) is 12.2 Å². The Bertz CT molecular complexity index is 855. The Hall–Kier alpha value is -1.64. The molecule has 1 aliphatic heterocycles. The predicted octanol–water partition coefficient (Wildman–Crippen LogP) is 3.17. The van der Waals surface area contributed by atoms with Crippen molar-refractivity contribution >= 4 is 45.7 Å². The zero-order chi connectivity index (χ0) is 17.4. The lowest BCUT2D eigenvalue weighted by molar-refractivity contribution is 0.232. The van der Waals surface area contributed by atoms with Gasteiger partial charge in [0, 0.05) is 30.0 Å². The Labute approximate surface area is 156 Å². The number of aromatic nitrogens is 1. The van der Waals surface area contributed by atoms with Crippen LogP contribution < -0.4 is 5.73 Å². The van der Waals surface area contributed by atoms with Crippen molar-refractivity contribution in [3.8, 4) is 5.88 Å². The van der Waals surface area contributed by atoms with Gasteiger partial charge in [0.2, 0.25) is 11.0 Å². The number of hydrogen-bond donors (Lipinski definition) is 2. The molecule has 1 fully saturated rings. The van der Waals surface area contributed by atoms with Gasteiger partial charge in [-0.3, -0.25) is 9.47 Å². The number of fused-ring (bicyclic) bond motifs is 2. The molecule has 0 saturated carbocycles. The highest BCUT2D eigenvalue weighted by Crippen LogP contribution is 2.41. The summed E-state index contributed by atoms with van der Waals surface area (Å²) in [6.07, 6.45) is 3.36. The molecule has 1 aromatic carbocycles. The fourth-order valence-electron chi connectivity index (χ4n) is 3.67. The predicted molar refractivity (Wildman–Crippen MR) is 106 cm³/mol. The van der Waals surface area contributed by atoms with E-state index in [0.717, 1.165) is 48.3 Å². The van der Waals surface area contributed by atoms with E-state index < -0.39 is 0 Å². The number of aryl methyl sites for hydroxylation is 2. The number of aromatic hydroxyl groups is 1. The minimum Gasteiger partial charge on any atom is -0.493 e. The van der Waals surface area contributed by atoms with Crippen LogP contribution in [-0.2, 0) is 19.5 Å². The maximum absolute atomic E-state index is 10.8. The zero-order valence-corrected chi connectivity index (χ0v) is 15.6. The molecule has 4 rings (SSSR count). The summed E-state index contributed by atoms with van der Waals surface area (Å²) in [7, 11) is 0. The number of nitrogens with zero attached hydrogens (tertiary/aromatic N) is 4. The number of azo groups is 1. The summed E-state index contributed by atoms with van der Waals surface area (Å²) < 4.78 is 1.94. The van der Waals surface area contributed by atoms with Crippen molar-refractivity contribution in [2.24, 2.45) is 16.0 Å². The molecule has 1 aliphatic carbocycles. The number of benzene rings is 1. The molecule has 1 aromatic heterocycles. The van der Waals surface area contributed by atoms with E-state index in [1.165, 1.54) is 17.5 Å². The lowest BCUT2D eigenvalue weighted by Gasteiger charge is -2.27. The number of thioether (sulfide) groups is 1. The summed E-state index contributed by atoms with van der Waals surface area (Å²) in [6, 6.07) is 4.35. The summed E-state index contributed by atoms with van der Waals surface area (Å²) in [6.45, 7) is 2.71. The molecule has 2 heterocycles. The molecule has 0 bridgehead atoms. The van der Waals surface area contributed by atoms with Crippen LogP contribution in [0.1, 0.15) is 17.5 Å². The molecular formula is C17H21N5OS2. The van der Waals surface area contributed by atoms with E-state index in [1.807, 2.05) is 16.3 Å². The van der Waals surface area contributed by atoms with Crippen LogP contribution in [0.3, 0.4) is 0 Å². The van der Waals surface area contributed by atoms with Crippen molar-refractivity contribution in [1.82, 2.24) is 9.47 Å². The van der Waals surface area contributed by atoms with Crippen molar-refractivity contribution < 1.29 is 5.11 Å². The van der Waals surface area contributed by atoms with Crippen LogP contribution in [0.15, 0.2) is 22.4 Å². The van der Waals surface area contributed by atoms with Crippen molar-refractivity contribution in [1.29, 1.82) is 0 Å². The van der Waals surface area contributed by atoms with Gasteiger partial charge in [-0.05, 0) is 54.7 Å². The van der Waals surface area contributed by atoms with Crippen LogP contribution in [-0.4, -0.2) is 44.3 Å². The second-order valence-electron chi connectivity index (χ2n) is 6.50. The molecule has 2 aliphatic rings. The van der Waals surface area contributed by atoms with Crippen LogP contribution in [0.2, 0.25) is 0 Å². The molecule has 0 atom stereocenters. The average molecular weight is 376 g/mol. The molecule has 0 unspecified atom stereocenters. The summed E-state index contributed by atoms with van der Waals surface area (Å²) in [5, 5.41) is 19.7. The minimum atomic E-state index is -0.0329. The smallest absolute Gasteiger partial charge is 0.221 e. The molecule has 6 nitrogen and oxygen atoms in total. The van der Waals surface area contributed by atoms with Crippen LogP contribution in [0, 0.1) is 0 Å². The molecule has 0 amide bonds. The zero-order valence-electron chi connectivity index (χ0n) is 13.9. The highest BCUT2D eigenvalue weighted by atomic mass is 32.2. The van der Waals surface area contributed by atoms with Crippen molar-refractivity contribution in [3.63, 3.8) is 0 Å². The number of hydrogen-bond acceptors (Lipinski definition) is 5. The van der Waals surface area contributed by atoms with Crippen LogP contribution in [0.5, 0.6) is 5.88 Å². The molecule has 132 valence electrons. The van der Waals surface area contributed by atoms with E-state index in [4.69, 9.17) is 18.0 Å².